The zero-order valence-corrected chi connectivity index (χ0v) is 13.9. The number of carbonyl (C=O) groups is 1. The molecule has 1 aromatic carbocycles. The highest BCUT2D eigenvalue weighted by molar-refractivity contribution is 5.89. The molecule has 3 N–H and O–H groups in total. The van der Waals surface area contributed by atoms with Crippen LogP contribution in [0.2, 0.25) is 0 Å². The summed E-state index contributed by atoms with van der Waals surface area (Å²) in [7, 11) is 0. The number of hydrogen-bond acceptors (Lipinski definition) is 4. The van der Waals surface area contributed by atoms with Crippen molar-refractivity contribution in [2.24, 2.45) is 0 Å². The lowest BCUT2D eigenvalue weighted by Crippen LogP contribution is -2.32. The third-order valence-corrected chi connectivity index (χ3v) is 3.26. The summed E-state index contributed by atoms with van der Waals surface area (Å²) in [4.78, 5) is 15.5. The first-order chi connectivity index (χ1) is 12.2. The first kappa shape index (κ1) is 19.5. The molecule has 1 atom stereocenters. The van der Waals surface area contributed by atoms with Crippen molar-refractivity contribution in [1.82, 2.24) is 10.3 Å². The molecule has 6 nitrogen and oxygen atoms in total. The first-order valence-electron chi connectivity index (χ1n) is 7.68. The van der Waals surface area contributed by atoms with Gasteiger partial charge in [-0.05, 0) is 36.2 Å². The van der Waals surface area contributed by atoms with E-state index in [1.54, 1.807) is 18.2 Å². The standard InChI is InChI=1S/C17H18F3N3O3/c1-11-3-2-4-13(7-11)23-16(25)22-9-14(24)12-5-6-21-15(8-12)26-10-17(18,19)20/h2-8,14,24H,9-10H2,1H3,(H2,22,23,25)/t14-/m1/s1. The van der Waals surface area contributed by atoms with E-state index in [0.29, 0.717) is 5.69 Å². The molecule has 26 heavy (non-hydrogen) atoms. The molecule has 0 aliphatic heterocycles. The Morgan fingerprint density at radius 3 is 2.77 bits per heavy atom. The third-order valence-electron chi connectivity index (χ3n) is 3.26. The molecule has 2 rings (SSSR count). The van der Waals surface area contributed by atoms with Gasteiger partial charge in [0.25, 0.3) is 0 Å². The summed E-state index contributed by atoms with van der Waals surface area (Å²) in [6, 6.07) is 9.27. The second-order valence-corrected chi connectivity index (χ2v) is 5.55. The highest BCUT2D eigenvalue weighted by Gasteiger charge is 2.28. The van der Waals surface area contributed by atoms with Gasteiger partial charge in [-0.2, -0.15) is 13.2 Å². The largest absolute Gasteiger partial charge is 0.468 e. The number of urea groups is 1. The first-order valence-corrected chi connectivity index (χ1v) is 7.68. The van der Waals surface area contributed by atoms with Crippen molar-refractivity contribution >= 4 is 11.7 Å². The fraction of sp³-hybridized carbons (Fsp3) is 0.294. The number of carbonyl (C=O) groups excluding carboxylic acids is 1. The molecular formula is C17H18F3N3O3. The summed E-state index contributed by atoms with van der Waals surface area (Å²) in [5, 5.41) is 15.2. The molecule has 2 amide bonds. The average molecular weight is 369 g/mol. The Hall–Kier alpha value is -2.81. The van der Waals surface area contributed by atoms with Gasteiger partial charge in [-0.3, -0.25) is 0 Å². The second kappa shape index (κ2) is 8.52. The number of aliphatic hydroxyl groups is 1. The Bertz CT molecular complexity index is 753. The van der Waals surface area contributed by atoms with Crippen LogP contribution in [0.15, 0.2) is 42.6 Å². The van der Waals surface area contributed by atoms with Crippen LogP contribution in [-0.4, -0.2) is 35.4 Å². The maximum atomic E-state index is 12.2. The van der Waals surface area contributed by atoms with Gasteiger partial charge in [0.1, 0.15) is 0 Å². The highest BCUT2D eigenvalue weighted by atomic mass is 19.4. The van der Waals surface area contributed by atoms with Crippen LogP contribution in [0.4, 0.5) is 23.7 Å². The number of anilines is 1. The van der Waals surface area contributed by atoms with Gasteiger partial charge in [-0.25, -0.2) is 9.78 Å². The summed E-state index contributed by atoms with van der Waals surface area (Å²) in [5.74, 6) is -0.261. The number of benzene rings is 1. The van der Waals surface area contributed by atoms with E-state index >= 15 is 0 Å². The Morgan fingerprint density at radius 2 is 2.08 bits per heavy atom. The second-order valence-electron chi connectivity index (χ2n) is 5.55. The van der Waals surface area contributed by atoms with Crippen molar-refractivity contribution in [2.75, 3.05) is 18.5 Å². The maximum absolute atomic E-state index is 12.2. The third kappa shape index (κ3) is 6.60. The monoisotopic (exact) mass is 369 g/mol. The van der Waals surface area contributed by atoms with Gasteiger partial charge in [0, 0.05) is 24.5 Å². The lowest BCUT2D eigenvalue weighted by atomic mass is 10.1. The average Bonchev–Trinajstić information content (AvgIpc) is 2.57. The van der Waals surface area contributed by atoms with E-state index in [1.807, 2.05) is 13.0 Å². The predicted molar refractivity (Wildman–Crippen MR) is 88.9 cm³/mol. The van der Waals surface area contributed by atoms with Crippen LogP contribution in [-0.2, 0) is 0 Å². The zero-order valence-electron chi connectivity index (χ0n) is 13.9. The van der Waals surface area contributed by atoms with Crippen molar-refractivity contribution in [1.29, 1.82) is 0 Å². The van der Waals surface area contributed by atoms with Crippen LogP contribution in [0.25, 0.3) is 0 Å². The number of halogens is 3. The van der Waals surface area contributed by atoms with Gasteiger partial charge >= 0.3 is 12.2 Å². The molecule has 9 heteroatoms. The van der Waals surface area contributed by atoms with Gasteiger partial charge < -0.3 is 20.5 Å². The Kier molecular flexibility index (Phi) is 6.40. The fourth-order valence-electron chi connectivity index (χ4n) is 2.07. The van der Waals surface area contributed by atoms with Crippen molar-refractivity contribution in [3.63, 3.8) is 0 Å². The zero-order chi connectivity index (χ0) is 19.2. The summed E-state index contributed by atoms with van der Waals surface area (Å²) in [6.45, 7) is 0.270. The summed E-state index contributed by atoms with van der Waals surface area (Å²) in [5.41, 5.74) is 1.85. The minimum absolute atomic E-state index is 0.139. The van der Waals surface area contributed by atoms with Crippen molar-refractivity contribution in [3.05, 3.63) is 53.7 Å². The van der Waals surface area contributed by atoms with Gasteiger partial charge in [0.15, 0.2) is 6.61 Å². The molecule has 2 aromatic rings. The van der Waals surface area contributed by atoms with E-state index in [1.165, 1.54) is 18.3 Å². The maximum Gasteiger partial charge on any atom is 0.422 e. The van der Waals surface area contributed by atoms with E-state index in [9.17, 15) is 23.1 Å². The molecule has 0 radical (unpaired) electrons. The number of rotatable bonds is 6. The number of aliphatic hydroxyl groups excluding tert-OH is 1. The summed E-state index contributed by atoms with van der Waals surface area (Å²) in [6.07, 6.45) is -4.39. The molecule has 0 fully saturated rings. The Balaban J connectivity index is 1.87. The van der Waals surface area contributed by atoms with Gasteiger partial charge in [-0.1, -0.05) is 12.1 Å². The molecule has 0 aliphatic rings. The van der Waals surface area contributed by atoms with Crippen molar-refractivity contribution < 1.29 is 27.8 Å². The van der Waals surface area contributed by atoms with Crippen LogP contribution in [0.1, 0.15) is 17.2 Å². The Labute approximate surface area is 148 Å². The number of nitrogens with zero attached hydrogens (tertiary/aromatic N) is 1. The van der Waals surface area contributed by atoms with Gasteiger partial charge in [0.05, 0.1) is 6.10 Å². The van der Waals surface area contributed by atoms with Crippen LogP contribution < -0.4 is 15.4 Å². The fourth-order valence-corrected chi connectivity index (χ4v) is 2.07. The summed E-state index contributed by atoms with van der Waals surface area (Å²) >= 11 is 0. The molecule has 1 aromatic heterocycles. The Morgan fingerprint density at radius 1 is 1.31 bits per heavy atom. The number of amides is 2. The lowest BCUT2D eigenvalue weighted by Gasteiger charge is -2.14. The molecule has 0 unspecified atom stereocenters. The van der Waals surface area contributed by atoms with Gasteiger partial charge in [-0.15, -0.1) is 0 Å². The number of alkyl halides is 3. The molecule has 0 bridgehead atoms. The van der Waals surface area contributed by atoms with E-state index in [2.05, 4.69) is 20.4 Å². The van der Waals surface area contributed by atoms with Crippen molar-refractivity contribution in [3.8, 4) is 5.88 Å². The minimum atomic E-state index is -4.48. The van der Waals surface area contributed by atoms with Gasteiger partial charge in [0.2, 0.25) is 5.88 Å². The number of aromatic nitrogens is 1. The van der Waals surface area contributed by atoms with E-state index in [-0.39, 0.29) is 18.0 Å². The summed E-state index contributed by atoms with van der Waals surface area (Å²) < 4.78 is 41.0. The van der Waals surface area contributed by atoms with Crippen LogP contribution in [0.5, 0.6) is 5.88 Å². The van der Waals surface area contributed by atoms with Crippen LogP contribution in [0.3, 0.4) is 0 Å². The van der Waals surface area contributed by atoms with E-state index < -0.39 is 24.9 Å². The highest BCUT2D eigenvalue weighted by Crippen LogP contribution is 2.20. The normalized spacial score (nSPS) is 12.3. The van der Waals surface area contributed by atoms with Crippen LogP contribution in [0, 0.1) is 6.92 Å². The van der Waals surface area contributed by atoms with Crippen molar-refractivity contribution in [2.45, 2.75) is 19.2 Å². The lowest BCUT2D eigenvalue weighted by molar-refractivity contribution is -0.154. The molecule has 0 aliphatic carbocycles. The SMILES string of the molecule is Cc1cccc(NC(=O)NC[C@@H](O)c2ccnc(OCC(F)(F)F)c2)c1. The molecule has 140 valence electrons. The smallest absolute Gasteiger partial charge is 0.422 e. The number of nitrogens with one attached hydrogen (secondary N) is 2. The topological polar surface area (TPSA) is 83.5 Å². The quantitative estimate of drug-likeness (QED) is 0.730. The van der Waals surface area contributed by atoms with E-state index in [4.69, 9.17) is 0 Å². The molecular weight excluding hydrogens is 351 g/mol. The molecule has 1 heterocycles. The van der Waals surface area contributed by atoms with Crippen LogP contribution >= 0.6 is 0 Å². The molecule has 0 saturated carbocycles. The molecule has 0 saturated heterocycles. The molecule has 0 spiro atoms. The number of ether oxygens (including phenoxy) is 1. The number of pyridine rings is 1. The predicted octanol–water partition coefficient (Wildman–Crippen LogP) is 3.19. The van der Waals surface area contributed by atoms with E-state index in [0.717, 1.165) is 5.56 Å². The number of aryl methyl sites for hydroxylation is 1. The minimum Gasteiger partial charge on any atom is -0.468 e. The number of hydrogen-bond donors (Lipinski definition) is 3.